The van der Waals surface area contributed by atoms with Crippen molar-refractivity contribution in [2.75, 3.05) is 6.54 Å². The summed E-state index contributed by atoms with van der Waals surface area (Å²) in [5.41, 5.74) is 5.18. The molecule has 0 aromatic heterocycles. The lowest BCUT2D eigenvalue weighted by molar-refractivity contribution is -0.157. The zero-order chi connectivity index (χ0) is 10.8. The molecule has 0 aromatic carbocycles. The molecule has 0 radical (unpaired) electrons. The number of urea groups is 1. The first-order valence-electron chi connectivity index (χ1n) is 5.45. The Balaban J connectivity index is 1.90. The van der Waals surface area contributed by atoms with E-state index >= 15 is 0 Å². The van der Waals surface area contributed by atoms with Crippen LogP contribution in [0, 0.1) is 0 Å². The number of likely N-dealkylation sites (tertiary alicyclic amines) is 1. The number of hydrogen-bond acceptors (Lipinski definition) is 3. The molecule has 2 amide bonds. The second-order valence-corrected chi connectivity index (χ2v) is 4.18. The summed E-state index contributed by atoms with van der Waals surface area (Å²) in [4.78, 5) is 24.1. The number of hydrogen-bond donors (Lipinski definition) is 1. The van der Waals surface area contributed by atoms with Gasteiger partial charge in [-0.1, -0.05) is 0 Å². The number of carbonyl (C=O) groups is 2. The van der Waals surface area contributed by atoms with E-state index in [9.17, 15) is 9.59 Å². The second kappa shape index (κ2) is 4.08. The van der Waals surface area contributed by atoms with Crippen molar-refractivity contribution in [3.8, 4) is 0 Å². The summed E-state index contributed by atoms with van der Waals surface area (Å²) in [6.07, 6.45) is 4.61. The van der Waals surface area contributed by atoms with Gasteiger partial charge in [0.25, 0.3) is 0 Å². The largest absolute Gasteiger partial charge is 0.461 e. The van der Waals surface area contributed by atoms with Crippen molar-refractivity contribution in [1.29, 1.82) is 0 Å². The van der Waals surface area contributed by atoms with Gasteiger partial charge in [0.1, 0.15) is 12.1 Å². The van der Waals surface area contributed by atoms with Crippen LogP contribution in [0.3, 0.4) is 0 Å². The molecule has 0 aromatic rings. The smallest absolute Gasteiger partial charge is 0.329 e. The van der Waals surface area contributed by atoms with Crippen LogP contribution in [-0.2, 0) is 9.53 Å². The number of nitrogens with two attached hydrogens (primary N) is 1. The van der Waals surface area contributed by atoms with Crippen LogP contribution in [0.15, 0.2) is 0 Å². The van der Waals surface area contributed by atoms with Crippen molar-refractivity contribution in [3.05, 3.63) is 0 Å². The van der Waals surface area contributed by atoms with Gasteiger partial charge in [0.2, 0.25) is 0 Å². The van der Waals surface area contributed by atoms with Gasteiger partial charge in [0, 0.05) is 6.54 Å². The summed E-state index contributed by atoms with van der Waals surface area (Å²) in [6.45, 7) is 0.569. The fraction of sp³-hybridized carbons (Fsp3) is 0.800. The minimum absolute atomic E-state index is 0.0767. The number of rotatable bonds is 2. The summed E-state index contributed by atoms with van der Waals surface area (Å²) in [7, 11) is 0. The number of esters is 1. The van der Waals surface area contributed by atoms with E-state index in [2.05, 4.69) is 0 Å². The van der Waals surface area contributed by atoms with Crippen molar-refractivity contribution in [2.24, 2.45) is 5.73 Å². The standard InChI is InChI=1S/C10H16N2O3/c11-10(14)12-6-2-5-8(12)9(13)15-7-3-1-4-7/h7-8H,1-6H2,(H2,11,14)/t8-/m0/s1. The lowest BCUT2D eigenvalue weighted by Crippen LogP contribution is -2.45. The molecule has 15 heavy (non-hydrogen) atoms. The predicted octanol–water partition coefficient (Wildman–Crippen LogP) is 0.625. The van der Waals surface area contributed by atoms with Crippen LogP contribution in [0.5, 0.6) is 0 Å². The van der Waals surface area contributed by atoms with E-state index in [1.807, 2.05) is 0 Å². The Bertz CT molecular complexity index is 276. The molecule has 2 rings (SSSR count). The molecule has 0 spiro atoms. The third-order valence-electron chi connectivity index (χ3n) is 3.14. The average Bonchev–Trinajstić information content (AvgIpc) is 2.59. The molecule has 5 nitrogen and oxygen atoms in total. The van der Waals surface area contributed by atoms with Crippen LogP contribution in [0.25, 0.3) is 0 Å². The lowest BCUT2D eigenvalue weighted by Gasteiger charge is -2.28. The average molecular weight is 212 g/mol. The highest BCUT2D eigenvalue weighted by atomic mass is 16.5. The number of ether oxygens (including phenoxy) is 1. The monoisotopic (exact) mass is 212 g/mol. The van der Waals surface area contributed by atoms with E-state index < -0.39 is 12.1 Å². The molecule has 84 valence electrons. The highest BCUT2D eigenvalue weighted by Crippen LogP contribution is 2.25. The van der Waals surface area contributed by atoms with Crippen LogP contribution in [0.2, 0.25) is 0 Å². The van der Waals surface area contributed by atoms with Gasteiger partial charge in [-0.3, -0.25) is 0 Å². The maximum Gasteiger partial charge on any atom is 0.329 e. The molecular weight excluding hydrogens is 196 g/mol. The second-order valence-electron chi connectivity index (χ2n) is 4.18. The Morgan fingerprint density at radius 1 is 1.20 bits per heavy atom. The lowest BCUT2D eigenvalue weighted by atomic mass is 9.96. The first kappa shape index (κ1) is 10.3. The number of carbonyl (C=O) groups excluding carboxylic acids is 2. The predicted molar refractivity (Wildman–Crippen MR) is 53.0 cm³/mol. The van der Waals surface area contributed by atoms with Crippen molar-refractivity contribution in [2.45, 2.75) is 44.2 Å². The van der Waals surface area contributed by atoms with Gasteiger partial charge >= 0.3 is 12.0 Å². The highest BCUT2D eigenvalue weighted by Gasteiger charge is 2.36. The van der Waals surface area contributed by atoms with E-state index in [4.69, 9.17) is 10.5 Å². The summed E-state index contributed by atoms with van der Waals surface area (Å²) in [5, 5.41) is 0. The number of primary amides is 1. The third-order valence-corrected chi connectivity index (χ3v) is 3.14. The first-order chi connectivity index (χ1) is 7.18. The molecule has 2 aliphatic rings. The molecule has 2 fully saturated rings. The first-order valence-corrected chi connectivity index (χ1v) is 5.45. The van der Waals surface area contributed by atoms with E-state index in [1.54, 1.807) is 0 Å². The van der Waals surface area contributed by atoms with E-state index in [-0.39, 0.29) is 12.1 Å². The Labute approximate surface area is 88.5 Å². The molecule has 0 unspecified atom stereocenters. The summed E-state index contributed by atoms with van der Waals surface area (Å²) in [5.74, 6) is -0.281. The normalized spacial score (nSPS) is 26.1. The van der Waals surface area contributed by atoms with E-state index in [1.165, 1.54) is 4.90 Å². The summed E-state index contributed by atoms with van der Waals surface area (Å²) >= 11 is 0. The Hall–Kier alpha value is -1.26. The molecule has 2 N–H and O–H groups in total. The van der Waals surface area contributed by atoms with Crippen LogP contribution < -0.4 is 5.73 Å². The van der Waals surface area contributed by atoms with Crippen LogP contribution in [0.1, 0.15) is 32.1 Å². The van der Waals surface area contributed by atoms with Crippen LogP contribution >= 0.6 is 0 Å². The third kappa shape index (κ3) is 2.06. The van der Waals surface area contributed by atoms with Gasteiger partial charge < -0.3 is 15.4 Å². The van der Waals surface area contributed by atoms with Crippen LogP contribution in [-0.4, -0.2) is 35.6 Å². The molecule has 1 aliphatic heterocycles. The van der Waals surface area contributed by atoms with Gasteiger partial charge in [-0.2, -0.15) is 0 Å². The molecule has 1 saturated carbocycles. The quantitative estimate of drug-likeness (QED) is 0.682. The van der Waals surface area contributed by atoms with Crippen molar-refractivity contribution in [1.82, 2.24) is 4.90 Å². The van der Waals surface area contributed by atoms with Gasteiger partial charge in [0.05, 0.1) is 0 Å². The molecule has 1 aliphatic carbocycles. The summed E-state index contributed by atoms with van der Waals surface area (Å²) in [6, 6.07) is -0.967. The molecule has 1 heterocycles. The topological polar surface area (TPSA) is 72.6 Å². The fourth-order valence-corrected chi connectivity index (χ4v) is 2.01. The minimum Gasteiger partial charge on any atom is -0.461 e. The zero-order valence-electron chi connectivity index (χ0n) is 8.65. The number of amides is 2. The van der Waals surface area contributed by atoms with Crippen molar-refractivity contribution < 1.29 is 14.3 Å². The molecular formula is C10H16N2O3. The molecule has 0 bridgehead atoms. The summed E-state index contributed by atoms with van der Waals surface area (Å²) < 4.78 is 5.26. The number of nitrogens with zero attached hydrogens (tertiary/aromatic N) is 1. The van der Waals surface area contributed by atoms with E-state index in [0.29, 0.717) is 13.0 Å². The van der Waals surface area contributed by atoms with Gasteiger partial charge in [-0.25, -0.2) is 9.59 Å². The SMILES string of the molecule is NC(=O)N1CCC[C@H]1C(=O)OC1CCC1. The highest BCUT2D eigenvalue weighted by molar-refractivity contribution is 5.83. The van der Waals surface area contributed by atoms with Gasteiger partial charge in [-0.15, -0.1) is 0 Å². The van der Waals surface area contributed by atoms with Crippen LogP contribution in [0.4, 0.5) is 4.79 Å². The molecule has 5 heteroatoms. The molecule has 1 atom stereocenters. The van der Waals surface area contributed by atoms with E-state index in [0.717, 1.165) is 25.7 Å². The maximum atomic E-state index is 11.7. The van der Waals surface area contributed by atoms with Crippen molar-refractivity contribution >= 4 is 12.0 Å². The molecule has 1 saturated heterocycles. The maximum absolute atomic E-state index is 11.7. The fourth-order valence-electron chi connectivity index (χ4n) is 2.01. The minimum atomic E-state index is -0.525. The Morgan fingerprint density at radius 2 is 1.93 bits per heavy atom. The zero-order valence-corrected chi connectivity index (χ0v) is 8.65. The van der Waals surface area contributed by atoms with Gasteiger partial charge in [-0.05, 0) is 32.1 Å². The van der Waals surface area contributed by atoms with Crippen molar-refractivity contribution in [3.63, 3.8) is 0 Å². The van der Waals surface area contributed by atoms with Gasteiger partial charge in [0.15, 0.2) is 0 Å². The Kier molecular flexibility index (Phi) is 2.79. The Morgan fingerprint density at radius 3 is 2.47 bits per heavy atom.